The van der Waals surface area contributed by atoms with Gasteiger partial charge >= 0.3 is 0 Å². The van der Waals surface area contributed by atoms with Crippen molar-refractivity contribution in [1.29, 1.82) is 0 Å². The van der Waals surface area contributed by atoms with Gasteiger partial charge in [0, 0.05) is 37.9 Å². The first kappa shape index (κ1) is 13.7. The topological polar surface area (TPSA) is 72.9 Å². The second-order valence-electron chi connectivity index (χ2n) is 4.23. The van der Waals surface area contributed by atoms with Crippen molar-refractivity contribution in [2.24, 2.45) is 5.73 Å². The largest absolute Gasteiger partial charge is 0.356 e. The molecular weight excluding hydrogens is 216 g/mol. The number of nitrogens with two attached hydrogens (primary N) is 1. The van der Waals surface area contributed by atoms with E-state index < -0.39 is 0 Å². The minimum Gasteiger partial charge on any atom is -0.356 e. The van der Waals surface area contributed by atoms with Crippen LogP contribution in [-0.2, 0) is 11.3 Å². The summed E-state index contributed by atoms with van der Waals surface area (Å²) in [5.41, 5.74) is 5.70. The lowest BCUT2D eigenvalue weighted by atomic mass is 10.1. The van der Waals surface area contributed by atoms with Gasteiger partial charge in [-0.3, -0.25) is 4.79 Å². The van der Waals surface area contributed by atoms with E-state index in [1.165, 1.54) is 0 Å². The van der Waals surface area contributed by atoms with E-state index >= 15 is 0 Å². The molecule has 1 rings (SSSR count). The zero-order chi connectivity index (χ0) is 12.5. The number of nitrogens with one attached hydrogen (secondary N) is 1. The van der Waals surface area contributed by atoms with E-state index in [4.69, 9.17) is 5.73 Å². The fraction of sp³-hybridized carbons (Fsp3) is 0.667. The number of carbonyl (C=O) groups is 1. The average Bonchev–Trinajstić information content (AvgIpc) is 2.81. The maximum Gasteiger partial charge on any atom is 0.221 e. The van der Waals surface area contributed by atoms with Crippen LogP contribution >= 0.6 is 0 Å². The van der Waals surface area contributed by atoms with Crippen LogP contribution in [0.2, 0.25) is 0 Å². The molecule has 1 aromatic heterocycles. The van der Waals surface area contributed by atoms with Crippen LogP contribution in [0.15, 0.2) is 18.7 Å². The van der Waals surface area contributed by atoms with E-state index in [0.717, 1.165) is 32.4 Å². The third-order valence-electron chi connectivity index (χ3n) is 2.70. The number of unbranched alkanes of at least 4 members (excludes halogenated alkanes) is 1. The standard InChI is InChI=1S/C12H22N4O/c1-2-11(13)9-12(17)15-5-3-4-7-16-8-6-14-10-16/h6,8,10-11H,2-5,7,9,13H2,1H3,(H,15,17). The predicted molar refractivity (Wildman–Crippen MR) is 67.4 cm³/mol. The second-order valence-corrected chi connectivity index (χ2v) is 4.23. The van der Waals surface area contributed by atoms with Gasteiger partial charge in [-0.25, -0.2) is 4.98 Å². The summed E-state index contributed by atoms with van der Waals surface area (Å²) in [7, 11) is 0. The Labute approximate surface area is 102 Å². The Morgan fingerprint density at radius 2 is 2.35 bits per heavy atom. The van der Waals surface area contributed by atoms with Crippen LogP contribution in [0.25, 0.3) is 0 Å². The van der Waals surface area contributed by atoms with Gasteiger partial charge < -0.3 is 15.6 Å². The summed E-state index contributed by atoms with van der Waals surface area (Å²) in [5, 5.41) is 2.88. The minimum atomic E-state index is -0.0130. The number of aryl methyl sites for hydroxylation is 1. The predicted octanol–water partition coefficient (Wildman–Crippen LogP) is 0.907. The lowest BCUT2D eigenvalue weighted by Crippen LogP contribution is -2.31. The monoisotopic (exact) mass is 238 g/mol. The van der Waals surface area contributed by atoms with Crippen molar-refractivity contribution < 1.29 is 4.79 Å². The van der Waals surface area contributed by atoms with Crippen molar-refractivity contribution >= 4 is 5.91 Å². The highest BCUT2D eigenvalue weighted by molar-refractivity contribution is 5.76. The van der Waals surface area contributed by atoms with Crippen molar-refractivity contribution in [3.05, 3.63) is 18.7 Å². The van der Waals surface area contributed by atoms with Gasteiger partial charge in [-0.2, -0.15) is 0 Å². The number of hydrogen-bond donors (Lipinski definition) is 2. The van der Waals surface area contributed by atoms with E-state index in [0.29, 0.717) is 6.42 Å². The second kappa shape index (κ2) is 7.84. The Morgan fingerprint density at radius 1 is 1.53 bits per heavy atom. The zero-order valence-electron chi connectivity index (χ0n) is 10.4. The van der Waals surface area contributed by atoms with Gasteiger partial charge in [0.05, 0.1) is 6.33 Å². The number of aromatic nitrogens is 2. The maximum atomic E-state index is 11.4. The molecule has 0 radical (unpaired) electrons. The molecule has 1 atom stereocenters. The van der Waals surface area contributed by atoms with Crippen LogP contribution in [0.1, 0.15) is 32.6 Å². The number of imidazole rings is 1. The molecule has 1 amide bonds. The van der Waals surface area contributed by atoms with Gasteiger partial charge in [-0.1, -0.05) is 6.92 Å². The number of nitrogens with zero attached hydrogens (tertiary/aromatic N) is 2. The Hall–Kier alpha value is -1.36. The van der Waals surface area contributed by atoms with Crippen molar-refractivity contribution in [2.75, 3.05) is 6.54 Å². The fourth-order valence-corrected chi connectivity index (χ4v) is 1.52. The molecule has 1 heterocycles. The normalized spacial score (nSPS) is 12.4. The van der Waals surface area contributed by atoms with Crippen LogP contribution in [0.4, 0.5) is 0 Å². The van der Waals surface area contributed by atoms with Crippen molar-refractivity contribution in [2.45, 2.75) is 45.2 Å². The maximum absolute atomic E-state index is 11.4. The first-order valence-corrected chi connectivity index (χ1v) is 6.20. The molecular formula is C12H22N4O. The number of amides is 1. The summed E-state index contributed by atoms with van der Waals surface area (Å²) in [6, 6.07) is -0.0130. The van der Waals surface area contributed by atoms with Crippen LogP contribution < -0.4 is 11.1 Å². The van der Waals surface area contributed by atoms with Gasteiger partial charge in [0.15, 0.2) is 0 Å². The minimum absolute atomic E-state index is 0.0130. The molecule has 0 saturated heterocycles. The fourth-order valence-electron chi connectivity index (χ4n) is 1.52. The molecule has 0 spiro atoms. The first-order chi connectivity index (χ1) is 8.22. The lowest BCUT2D eigenvalue weighted by molar-refractivity contribution is -0.121. The highest BCUT2D eigenvalue weighted by atomic mass is 16.1. The summed E-state index contributed by atoms with van der Waals surface area (Å²) >= 11 is 0. The van der Waals surface area contributed by atoms with Crippen LogP contribution in [-0.4, -0.2) is 28.0 Å². The zero-order valence-corrected chi connectivity index (χ0v) is 10.4. The summed E-state index contributed by atoms with van der Waals surface area (Å²) in [6.45, 7) is 3.66. The lowest BCUT2D eigenvalue weighted by Gasteiger charge is -2.09. The number of carbonyl (C=O) groups excluding carboxylic acids is 1. The van der Waals surface area contributed by atoms with Crippen LogP contribution in [0.3, 0.4) is 0 Å². The molecule has 0 aromatic carbocycles. The molecule has 96 valence electrons. The third-order valence-corrected chi connectivity index (χ3v) is 2.70. The highest BCUT2D eigenvalue weighted by Crippen LogP contribution is 1.96. The van der Waals surface area contributed by atoms with Gasteiger partial charge in [-0.15, -0.1) is 0 Å². The number of hydrogen-bond acceptors (Lipinski definition) is 3. The Kier molecular flexibility index (Phi) is 6.32. The Morgan fingerprint density at radius 3 is 3.00 bits per heavy atom. The Balaban J connectivity index is 1.98. The molecule has 0 aliphatic heterocycles. The third kappa shape index (κ3) is 6.06. The molecule has 0 aliphatic rings. The molecule has 17 heavy (non-hydrogen) atoms. The smallest absolute Gasteiger partial charge is 0.221 e. The van der Waals surface area contributed by atoms with E-state index in [2.05, 4.69) is 10.3 Å². The molecule has 3 N–H and O–H groups in total. The Bertz CT molecular complexity index is 310. The first-order valence-electron chi connectivity index (χ1n) is 6.20. The van der Waals surface area contributed by atoms with E-state index in [9.17, 15) is 4.79 Å². The molecule has 1 aromatic rings. The highest BCUT2D eigenvalue weighted by Gasteiger charge is 2.06. The summed E-state index contributed by atoms with van der Waals surface area (Å²) < 4.78 is 2.04. The molecule has 1 unspecified atom stereocenters. The summed E-state index contributed by atoms with van der Waals surface area (Å²) in [5.74, 6) is 0.0574. The molecule has 0 bridgehead atoms. The van der Waals surface area contributed by atoms with Crippen molar-refractivity contribution in [3.63, 3.8) is 0 Å². The summed E-state index contributed by atoms with van der Waals surface area (Å²) in [4.78, 5) is 15.4. The van der Waals surface area contributed by atoms with Crippen molar-refractivity contribution in [3.8, 4) is 0 Å². The quantitative estimate of drug-likeness (QED) is 0.661. The van der Waals surface area contributed by atoms with E-state index in [-0.39, 0.29) is 11.9 Å². The van der Waals surface area contributed by atoms with E-state index in [1.54, 1.807) is 12.5 Å². The van der Waals surface area contributed by atoms with Crippen LogP contribution in [0.5, 0.6) is 0 Å². The molecule has 0 fully saturated rings. The SMILES string of the molecule is CCC(N)CC(=O)NCCCCn1ccnc1. The summed E-state index contributed by atoms with van der Waals surface area (Å²) in [6.07, 6.45) is 8.80. The van der Waals surface area contributed by atoms with Crippen LogP contribution in [0, 0.1) is 0 Å². The van der Waals surface area contributed by atoms with E-state index in [1.807, 2.05) is 17.7 Å². The molecule has 0 saturated carbocycles. The number of rotatable bonds is 8. The average molecular weight is 238 g/mol. The molecule has 0 aliphatic carbocycles. The van der Waals surface area contributed by atoms with Crippen molar-refractivity contribution in [1.82, 2.24) is 14.9 Å². The van der Waals surface area contributed by atoms with Gasteiger partial charge in [0.1, 0.15) is 0 Å². The van der Waals surface area contributed by atoms with Gasteiger partial charge in [0.25, 0.3) is 0 Å². The van der Waals surface area contributed by atoms with Gasteiger partial charge in [0.2, 0.25) is 5.91 Å². The van der Waals surface area contributed by atoms with Gasteiger partial charge in [-0.05, 0) is 19.3 Å². The molecule has 5 nitrogen and oxygen atoms in total. The molecule has 5 heteroatoms.